The first-order valence-electron chi connectivity index (χ1n) is 3.01. The average molecular weight is 148 g/mol. The zero-order valence-electron chi connectivity index (χ0n) is 6.42. The van der Waals surface area contributed by atoms with Crippen LogP contribution in [0.1, 0.15) is 13.8 Å². The van der Waals surface area contributed by atoms with E-state index < -0.39 is 0 Å². The molecule has 0 fully saturated rings. The Morgan fingerprint density at radius 3 is 1.89 bits per heavy atom. The van der Waals surface area contributed by atoms with E-state index in [0.717, 1.165) is 0 Å². The normalized spacial score (nSPS) is 18.0. The Morgan fingerprint density at radius 2 is 1.78 bits per heavy atom. The van der Waals surface area contributed by atoms with E-state index in [-0.39, 0.29) is 11.7 Å². The van der Waals surface area contributed by atoms with Crippen molar-refractivity contribution in [2.75, 3.05) is 14.1 Å². The van der Waals surface area contributed by atoms with Gasteiger partial charge >= 0.3 is 0 Å². The van der Waals surface area contributed by atoms with E-state index in [2.05, 4.69) is 0 Å². The molecular formula is C6H14NOS. The highest BCUT2D eigenvalue weighted by atomic mass is 32.1. The Bertz CT molecular complexity index is 75.5. The summed E-state index contributed by atoms with van der Waals surface area (Å²) in [5, 5.41) is 0. The molecule has 9 heavy (non-hydrogen) atoms. The fourth-order valence-corrected chi connectivity index (χ4v) is 0.560. The van der Waals surface area contributed by atoms with Gasteiger partial charge in [-0.15, -0.1) is 0 Å². The summed E-state index contributed by atoms with van der Waals surface area (Å²) in [5.41, 5.74) is -0.0950. The van der Waals surface area contributed by atoms with Crippen LogP contribution in [-0.2, 0) is 4.74 Å². The summed E-state index contributed by atoms with van der Waals surface area (Å²) in [7, 11) is 3.92. The molecule has 0 aliphatic heterocycles. The van der Waals surface area contributed by atoms with Crippen LogP contribution in [-0.4, -0.2) is 30.7 Å². The van der Waals surface area contributed by atoms with Gasteiger partial charge in [-0.05, 0) is 27.9 Å². The van der Waals surface area contributed by atoms with Crippen molar-refractivity contribution in [2.45, 2.75) is 25.5 Å². The van der Waals surface area contributed by atoms with E-state index in [9.17, 15) is 0 Å². The molecule has 2 unspecified atom stereocenters. The third kappa shape index (κ3) is 4.75. The van der Waals surface area contributed by atoms with Crippen molar-refractivity contribution < 1.29 is 4.74 Å². The van der Waals surface area contributed by atoms with Crippen molar-refractivity contribution in [3.63, 3.8) is 0 Å². The van der Waals surface area contributed by atoms with Crippen LogP contribution in [0.4, 0.5) is 0 Å². The molecule has 3 heteroatoms. The third-order valence-corrected chi connectivity index (χ3v) is 1.23. The van der Waals surface area contributed by atoms with Gasteiger partial charge in [-0.2, -0.15) is 0 Å². The number of hydrogen-bond donors (Lipinski definition) is 0. The molecule has 0 saturated carbocycles. The van der Waals surface area contributed by atoms with E-state index in [0.29, 0.717) is 0 Å². The van der Waals surface area contributed by atoms with E-state index in [1.807, 2.05) is 32.8 Å². The maximum absolute atomic E-state index is 5.25. The Hall–Kier alpha value is 0.270. The van der Waals surface area contributed by atoms with Crippen molar-refractivity contribution in [1.29, 1.82) is 0 Å². The highest BCUT2D eigenvalue weighted by Gasteiger charge is 2.05. The molecule has 0 aromatic carbocycles. The summed E-state index contributed by atoms with van der Waals surface area (Å²) in [6.45, 7) is 3.83. The quantitative estimate of drug-likeness (QED) is 0.562. The van der Waals surface area contributed by atoms with Crippen LogP contribution in [0, 0.1) is 0 Å². The number of nitrogens with zero attached hydrogens (tertiary/aromatic N) is 1. The van der Waals surface area contributed by atoms with E-state index in [1.165, 1.54) is 0 Å². The van der Waals surface area contributed by atoms with Crippen molar-refractivity contribution in [1.82, 2.24) is 4.90 Å². The maximum atomic E-state index is 5.25. The largest absolute Gasteiger partial charge is 0.349 e. The summed E-state index contributed by atoms with van der Waals surface area (Å²) in [4.78, 5) is 1.98. The molecule has 0 saturated heterocycles. The molecule has 0 rings (SSSR count). The zero-order chi connectivity index (χ0) is 7.44. The summed E-state index contributed by atoms with van der Waals surface area (Å²) < 4.78 is 5.25. The molecule has 0 aliphatic carbocycles. The third-order valence-electron chi connectivity index (χ3n) is 1.12. The van der Waals surface area contributed by atoms with E-state index >= 15 is 0 Å². The van der Waals surface area contributed by atoms with Crippen molar-refractivity contribution in [3.8, 4) is 0 Å². The minimum absolute atomic E-state index is 0.0950. The fourth-order valence-electron chi connectivity index (χ4n) is 0.399. The van der Waals surface area contributed by atoms with Gasteiger partial charge in [0, 0.05) is 0 Å². The second-order valence-electron chi connectivity index (χ2n) is 2.27. The lowest BCUT2D eigenvalue weighted by molar-refractivity contribution is -0.0292. The lowest BCUT2D eigenvalue weighted by Crippen LogP contribution is -2.29. The standard InChI is InChI=1S/C6H14NOS/c1-5(7(3)4)8-6(2)9/h5-6H,1-4H3. The molecule has 0 aromatic rings. The minimum Gasteiger partial charge on any atom is -0.349 e. The van der Waals surface area contributed by atoms with Gasteiger partial charge in [0.2, 0.25) is 0 Å². The van der Waals surface area contributed by atoms with Crippen LogP contribution in [0.15, 0.2) is 0 Å². The molecule has 0 spiro atoms. The topological polar surface area (TPSA) is 12.5 Å². The number of ether oxygens (including phenoxy) is 1. The summed E-state index contributed by atoms with van der Waals surface area (Å²) in [5.74, 6) is 0. The molecular weight excluding hydrogens is 134 g/mol. The highest BCUT2D eigenvalue weighted by Crippen LogP contribution is 2.02. The van der Waals surface area contributed by atoms with Gasteiger partial charge in [0.15, 0.2) is 0 Å². The van der Waals surface area contributed by atoms with E-state index in [1.54, 1.807) is 0 Å². The van der Waals surface area contributed by atoms with Crippen molar-refractivity contribution >= 4 is 12.6 Å². The first-order valence-corrected chi connectivity index (χ1v) is 3.49. The minimum atomic E-state index is -0.0950. The molecule has 0 N–H and O–H groups in total. The summed E-state index contributed by atoms with van der Waals surface area (Å²) in [6, 6.07) is 0. The molecule has 0 bridgehead atoms. The van der Waals surface area contributed by atoms with Crippen molar-refractivity contribution in [2.24, 2.45) is 0 Å². The monoisotopic (exact) mass is 148 g/mol. The molecule has 2 atom stereocenters. The van der Waals surface area contributed by atoms with Crippen LogP contribution in [0.25, 0.3) is 0 Å². The Labute approximate surface area is 62.6 Å². The Balaban J connectivity index is 3.38. The predicted molar refractivity (Wildman–Crippen MR) is 41.3 cm³/mol. The zero-order valence-corrected chi connectivity index (χ0v) is 7.23. The lowest BCUT2D eigenvalue weighted by atomic mass is 10.6. The first-order chi connectivity index (χ1) is 4.04. The van der Waals surface area contributed by atoms with Crippen LogP contribution in [0.5, 0.6) is 0 Å². The second-order valence-corrected chi connectivity index (χ2v) is 2.93. The van der Waals surface area contributed by atoms with Gasteiger partial charge in [-0.1, -0.05) is 12.6 Å². The van der Waals surface area contributed by atoms with Crippen molar-refractivity contribution in [3.05, 3.63) is 0 Å². The van der Waals surface area contributed by atoms with Crippen LogP contribution < -0.4 is 0 Å². The molecule has 1 radical (unpaired) electrons. The SMILES string of the molecule is CC([S])OC(C)N(C)C. The summed E-state index contributed by atoms with van der Waals surface area (Å²) >= 11 is 4.83. The molecule has 0 aromatic heterocycles. The Morgan fingerprint density at radius 1 is 1.33 bits per heavy atom. The fraction of sp³-hybridized carbons (Fsp3) is 1.00. The first kappa shape index (κ1) is 9.27. The predicted octanol–water partition coefficient (Wildman–Crippen LogP) is 1.45. The number of hydrogen-bond acceptors (Lipinski definition) is 2. The highest BCUT2D eigenvalue weighted by molar-refractivity contribution is 7.80. The lowest BCUT2D eigenvalue weighted by Gasteiger charge is -2.21. The molecule has 0 amide bonds. The van der Waals surface area contributed by atoms with Crippen LogP contribution >= 0.6 is 12.6 Å². The maximum Gasteiger partial charge on any atom is 0.112 e. The van der Waals surface area contributed by atoms with Crippen LogP contribution in [0.3, 0.4) is 0 Å². The summed E-state index contributed by atoms with van der Waals surface area (Å²) in [6.07, 6.45) is 0.123. The number of rotatable bonds is 3. The average Bonchev–Trinajstić information content (AvgIpc) is 1.63. The van der Waals surface area contributed by atoms with Gasteiger partial charge in [0.05, 0.1) is 0 Å². The van der Waals surface area contributed by atoms with Gasteiger partial charge < -0.3 is 4.74 Å². The smallest absolute Gasteiger partial charge is 0.112 e. The van der Waals surface area contributed by atoms with Crippen LogP contribution in [0.2, 0.25) is 0 Å². The van der Waals surface area contributed by atoms with Gasteiger partial charge in [-0.3, -0.25) is 4.90 Å². The molecule has 2 nitrogen and oxygen atoms in total. The van der Waals surface area contributed by atoms with E-state index in [4.69, 9.17) is 17.4 Å². The molecule has 55 valence electrons. The molecule has 0 aliphatic rings. The molecule has 0 heterocycles. The van der Waals surface area contributed by atoms with Gasteiger partial charge in [0.1, 0.15) is 11.7 Å². The van der Waals surface area contributed by atoms with Gasteiger partial charge in [0.25, 0.3) is 0 Å². The Kier molecular flexibility index (Phi) is 4.27. The van der Waals surface area contributed by atoms with Gasteiger partial charge in [-0.25, -0.2) is 0 Å². The second kappa shape index (κ2) is 4.14.